The predicted octanol–water partition coefficient (Wildman–Crippen LogP) is 2.58. The van der Waals surface area contributed by atoms with Gasteiger partial charge in [0.25, 0.3) is 15.5 Å². The van der Waals surface area contributed by atoms with E-state index in [4.69, 9.17) is 15.9 Å². The van der Waals surface area contributed by atoms with Crippen molar-refractivity contribution in [3.63, 3.8) is 0 Å². The highest BCUT2D eigenvalue weighted by Gasteiger charge is 2.23. The van der Waals surface area contributed by atoms with E-state index in [1.54, 1.807) is 0 Å². The molecule has 0 aliphatic carbocycles. The molecular weight excluding hydrogens is 330 g/mol. The first-order chi connectivity index (χ1) is 7.27. The Bertz CT molecular complexity index is 570. The van der Waals surface area contributed by atoms with E-state index in [1.807, 2.05) is 0 Å². The Labute approximate surface area is 102 Å². The molecular formula is C7H2BrClF2N2O2S. The third-order valence-corrected chi connectivity index (χ3v) is 3.48. The Balaban J connectivity index is 3.64. The van der Waals surface area contributed by atoms with E-state index in [0.29, 0.717) is 6.07 Å². The number of hydrogen-bond donors (Lipinski definition) is 0. The van der Waals surface area contributed by atoms with E-state index in [1.165, 1.54) is 6.07 Å². The fourth-order valence-corrected chi connectivity index (χ4v) is 2.57. The molecule has 16 heavy (non-hydrogen) atoms. The highest BCUT2D eigenvalue weighted by atomic mass is 79.9. The molecule has 9 heteroatoms. The van der Waals surface area contributed by atoms with Gasteiger partial charge in [0.1, 0.15) is 26.8 Å². The Hall–Kier alpha value is -0.780. The molecule has 1 rings (SSSR count). The van der Waals surface area contributed by atoms with Crippen LogP contribution in [0.1, 0.15) is 17.7 Å². The Morgan fingerprint density at radius 1 is 1.56 bits per heavy atom. The van der Waals surface area contributed by atoms with Gasteiger partial charge in [0.2, 0.25) is 0 Å². The van der Waals surface area contributed by atoms with Crippen LogP contribution in [0, 0.1) is 11.3 Å². The standard InChI is InChI=1S/C7H2BrClF2N2O2S/c8-6-3(2-12)5(16(9,14)15)1-4(13-6)7(10)11/h1,7H. The van der Waals surface area contributed by atoms with Gasteiger partial charge in [0.05, 0.1) is 0 Å². The lowest BCUT2D eigenvalue weighted by Crippen LogP contribution is -2.02. The third kappa shape index (κ3) is 2.66. The monoisotopic (exact) mass is 330 g/mol. The molecule has 0 N–H and O–H groups in total. The quantitative estimate of drug-likeness (QED) is 0.617. The normalized spacial score (nSPS) is 11.5. The Morgan fingerprint density at radius 3 is 2.50 bits per heavy atom. The first-order valence-corrected chi connectivity index (χ1v) is 6.71. The van der Waals surface area contributed by atoms with Crippen LogP contribution in [0.5, 0.6) is 0 Å². The molecule has 0 amide bonds. The lowest BCUT2D eigenvalue weighted by atomic mass is 10.2. The maximum absolute atomic E-state index is 12.3. The van der Waals surface area contributed by atoms with Gasteiger partial charge in [-0.3, -0.25) is 0 Å². The van der Waals surface area contributed by atoms with Gasteiger partial charge in [-0.1, -0.05) is 0 Å². The molecule has 4 nitrogen and oxygen atoms in total. The average Bonchev–Trinajstić information content (AvgIpc) is 2.14. The van der Waals surface area contributed by atoms with Gasteiger partial charge in [-0.25, -0.2) is 22.2 Å². The van der Waals surface area contributed by atoms with Gasteiger partial charge in [-0.15, -0.1) is 0 Å². The molecule has 0 radical (unpaired) electrons. The number of halogens is 4. The molecule has 0 spiro atoms. The van der Waals surface area contributed by atoms with Crippen molar-refractivity contribution < 1.29 is 17.2 Å². The zero-order valence-corrected chi connectivity index (χ0v) is 10.4. The minimum absolute atomic E-state index is 0.285. The number of pyridine rings is 1. The van der Waals surface area contributed by atoms with Crippen molar-refractivity contribution in [1.29, 1.82) is 5.26 Å². The van der Waals surface area contributed by atoms with E-state index in [2.05, 4.69) is 20.9 Å². The van der Waals surface area contributed by atoms with Crippen molar-refractivity contribution >= 4 is 35.7 Å². The van der Waals surface area contributed by atoms with Crippen molar-refractivity contribution in [3.05, 3.63) is 21.9 Å². The molecule has 86 valence electrons. The predicted molar refractivity (Wildman–Crippen MR) is 54.6 cm³/mol. The van der Waals surface area contributed by atoms with Crippen LogP contribution in [0.4, 0.5) is 8.78 Å². The summed E-state index contributed by atoms with van der Waals surface area (Å²) in [5, 5.41) is 8.66. The number of alkyl halides is 2. The number of hydrogen-bond acceptors (Lipinski definition) is 4. The van der Waals surface area contributed by atoms with Crippen LogP contribution in [0.15, 0.2) is 15.6 Å². The van der Waals surface area contributed by atoms with Crippen LogP contribution >= 0.6 is 26.6 Å². The molecule has 0 saturated heterocycles. The molecule has 0 atom stereocenters. The summed E-state index contributed by atoms with van der Waals surface area (Å²) >= 11 is 2.73. The first kappa shape index (κ1) is 13.3. The summed E-state index contributed by atoms with van der Waals surface area (Å²) < 4.78 is 46.5. The lowest BCUT2D eigenvalue weighted by Gasteiger charge is -2.05. The summed E-state index contributed by atoms with van der Waals surface area (Å²) in [6.45, 7) is 0. The summed E-state index contributed by atoms with van der Waals surface area (Å²) in [6, 6.07) is 2.10. The zero-order chi connectivity index (χ0) is 12.5. The van der Waals surface area contributed by atoms with Crippen LogP contribution in [0.3, 0.4) is 0 Å². The number of aromatic nitrogens is 1. The van der Waals surface area contributed by atoms with Crippen LogP contribution in [0.2, 0.25) is 0 Å². The molecule has 0 aromatic carbocycles. The van der Waals surface area contributed by atoms with Crippen molar-refractivity contribution in [2.75, 3.05) is 0 Å². The molecule has 1 aromatic rings. The molecule has 1 heterocycles. The SMILES string of the molecule is N#Cc1c(S(=O)(=O)Cl)cc(C(F)F)nc1Br. The second kappa shape index (κ2) is 4.61. The van der Waals surface area contributed by atoms with Gasteiger partial charge >= 0.3 is 0 Å². The highest BCUT2D eigenvalue weighted by Crippen LogP contribution is 2.29. The first-order valence-electron chi connectivity index (χ1n) is 3.60. The number of nitriles is 1. The summed E-state index contributed by atoms with van der Waals surface area (Å²) in [6.07, 6.45) is -2.96. The molecule has 0 saturated carbocycles. The van der Waals surface area contributed by atoms with Gasteiger partial charge in [0, 0.05) is 10.7 Å². The summed E-state index contributed by atoms with van der Waals surface area (Å²) in [5.74, 6) is 0. The fraction of sp³-hybridized carbons (Fsp3) is 0.143. The van der Waals surface area contributed by atoms with Gasteiger partial charge in [0.15, 0.2) is 0 Å². The zero-order valence-electron chi connectivity index (χ0n) is 7.29. The number of rotatable bonds is 2. The molecule has 1 aromatic heterocycles. The second-order valence-electron chi connectivity index (χ2n) is 2.56. The van der Waals surface area contributed by atoms with Crippen LogP contribution in [-0.4, -0.2) is 13.4 Å². The van der Waals surface area contributed by atoms with Crippen LogP contribution in [0.25, 0.3) is 0 Å². The Kier molecular flexibility index (Phi) is 3.83. The Morgan fingerprint density at radius 2 is 2.12 bits per heavy atom. The van der Waals surface area contributed by atoms with Crippen molar-refractivity contribution in [2.45, 2.75) is 11.3 Å². The summed E-state index contributed by atoms with van der Waals surface area (Å²) in [4.78, 5) is 2.65. The van der Waals surface area contributed by atoms with Crippen molar-refractivity contribution in [2.24, 2.45) is 0 Å². The molecule has 0 unspecified atom stereocenters. The molecule has 0 aliphatic heterocycles. The highest BCUT2D eigenvalue weighted by molar-refractivity contribution is 9.10. The fourth-order valence-electron chi connectivity index (χ4n) is 0.915. The maximum atomic E-state index is 12.3. The van der Waals surface area contributed by atoms with Crippen LogP contribution in [-0.2, 0) is 9.05 Å². The average molecular weight is 332 g/mol. The molecule has 0 bridgehead atoms. The van der Waals surface area contributed by atoms with Gasteiger partial charge in [-0.05, 0) is 22.0 Å². The minimum atomic E-state index is -4.28. The second-order valence-corrected chi connectivity index (χ2v) is 5.85. The van der Waals surface area contributed by atoms with Crippen molar-refractivity contribution in [3.8, 4) is 6.07 Å². The smallest absolute Gasteiger partial charge is 0.238 e. The van der Waals surface area contributed by atoms with E-state index < -0.39 is 31.6 Å². The summed E-state index contributed by atoms with van der Waals surface area (Å²) in [5.41, 5.74) is -1.18. The molecule has 0 aliphatic rings. The topological polar surface area (TPSA) is 70.8 Å². The van der Waals surface area contributed by atoms with Crippen LogP contribution < -0.4 is 0 Å². The van der Waals surface area contributed by atoms with E-state index in [-0.39, 0.29) is 4.60 Å². The van der Waals surface area contributed by atoms with Gasteiger partial charge in [-0.2, -0.15) is 5.26 Å². The maximum Gasteiger partial charge on any atom is 0.280 e. The minimum Gasteiger partial charge on any atom is -0.238 e. The van der Waals surface area contributed by atoms with E-state index >= 15 is 0 Å². The largest absolute Gasteiger partial charge is 0.280 e. The van der Waals surface area contributed by atoms with Gasteiger partial charge < -0.3 is 0 Å². The van der Waals surface area contributed by atoms with Crippen molar-refractivity contribution in [1.82, 2.24) is 4.98 Å². The molecule has 0 fully saturated rings. The summed E-state index contributed by atoms with van der Waals surface area (Å²) in [7, 11) is 0.741. The third-order valence-electron chi connectivity index (χ3n) is 1.56. The van der Waals surface area contributed by atoms with E-state index in [0.717, 1.165) is 0 Å². The van der Waals surface area contributed by atoms with E-state index in [9.17, 15) is 17.2 Å². The number of nitrogens with zero attached hydrogens (tertiary/aromatic N) is 2. The lowest BCUT2D eigenvalue weighted by molar-refractivity contribution is 0.145.